The lowest BCUT2D eigenvalue weighted by Gasteiger charge is -2.35. The van der Waals surface area contributed by atoms with Crippen LogP contribution in [0, 0.1) is 10.2 Å². The maximum absolute atomic E-state index is 10.8. The fourth-order valence-electron chi connectivity index (χ4n) is 2.49. The van der Waals surface area contributed by atoms with Gasteiger partial charge in [-0.2, -0.15) is 14.0 Å². The number of rotatable bonds is 2. The molecule has 0 aromatic heterocycles. The first-order valence-corrected chi connectivity index (χ1v) is 6.75. The van der Waals surface area contributed by atoms with Gasteiger partial charge in [-0.1, -0.05) is 0 Å². The average molecular weight is 263 g/mol. The third-order valence-corrected chi connectivity index (χ3v) is 3.52. The van der Waals surface area contributed by atoms with Crippen LogP contribution in [0.1, 0.15) is 39.5 Å². The van der Waals surface area contributed by atoms with Crippen molar-refractivity contribution in [2.75, 3.05) is 0 Å². The number of hydrogen-bond donors (Lipinski definition) is 0. The standard InChI is InChI=1S/C11H15ClO5/c1-8-7-9-5-3-4-6-10(9)11(2,16-8)17-12(13,14)15/h7H,3-6H2,1-2H3. The van der Waals surface area contributed by atoms with Gasteiger partial charge in [0.25, 0.3) is 0 Å². The van der Waals surface area contributed by atoms with Crippen LogP contribution in [0.3, 0.4) is 0 Å². The largest absolute Gasteiger partial charge is 0.451 e. The van der Waals surface area contributed by atoms with Gasteiger partial charge in [0.1, 0.15) is 4.29 Å². The molecule has 17 heavy (non-hydrogen) atoms. The molecular weight excluding hydrogens is 248 g/mol. The van der Waals surface area contributed by atoms with Crippen LogP contribution in [0.5, 0.6) is 0 Å². The fourth-order valence-corrected chi connectivity index (χ4v) is 2.98. The molecule has 0 spiro atoms. The molecule has 0 aromatic rings. The maximum Gasteiger partial charge on any atom is 0.381 e. The van der Waals surface area contributed by atoms with Gasteiger partial charge in [0.15, 0.2) is 0 Å². The maximum atomic E-state index is 10.8. The van der Waals surface area contributed by atoms with E-state index in [1.807, 2.05) is 6.08 Å². The van der Waals surface area contributed by atoms with Gasteiger partial charge in [-0.05, 0) is 44.3 Å². The third-order valence-electron chi connectivity index (χ3n) is 3.03. The highest BCUT2D eigenvalue weighted by atomic mass is 35.7. The van der Waals surface area contributed by atoms with Crippen LogP contribution in [0.4, 0.5) is 0 Å². The smallest absolute Gasteiger partial charge is 0.381 e. The van der Waals surface area contributed by atoms with E-state index >= 15 is 0 Å². The molecule has 1 aliphatic carbocycles. The summed E-state index contributed by atoms with van der Waals surface area (Å²) in [7, 11) is -4.51. The summed E-state index contributed by atoms with van der Waals surface area (Å²) in [6, 6.07) is 0. The van der Waals surface area contributed by atoms with Crippen molar-refractivity contribution in [2.45, 2.75) is 45.3 Å². The summed E-state index contributed by atoms with van der Waals surface area (Å²) in [4.78, 5) is 0. The van der Waals surface area contributed by atoms with Gasteiger partial charge >= 0.3 is 5.79 Å². The van der Waals surface area contributed by atoms with Crippen molar-refractivity contribution in [2.24, 2.45) is 0 Å². The van der Waals surface area contributed by atoms with Crippen molar-refractivity contribution >= 4 is 0 Å². The molecule has 96 valence electrons. The first-order chi connectivity index (χ1) is 7.80. The minimum atomic E-state index is -4.51. The third kappa shape index (κ3) is 2.81. The molecule has 0 amide bonds. The van der Waals surface area contributed by atoms with Crippen LogP contribution in [0.25, 0.3) is 0 Å². The van der Waals surface area contributed by atoms with E-state index < -0.39 is 16.0 Å². The number of allylic oxidation sites excluding steroid dienone is 3. The Bertz CT molecular complexity index is 382. The Morgan fingerprint density at radius 1 is 1.29 bits per heavy atom. The highest BCUT2D eigenvalue weighted by Gasteiger charge is 2.50. The van der Waals surface area contributed by atoms with E-state index in [4.69, 9.17) is 4.74 Å². The van der Waals surface area contributed by atoms with Gasteiger partial charge in [-0.25, -0.2) is 0 Å². The van der Waals surface area contributed by atoms with Crippen LogP contribution in [-0.2, 0) is 9.03 Å². The van der Waals surface area contributed by atoms with Crippen molar-refractivity contribution in [3.05, 3.63) is 23.0 Å². The highest BCUT2D eigenvalue weighted by Crippen LogP contribution is 2.41. The molecule has 1 aliphatic heterocycles. The molecule has 1 unspecified atom stereocenters. The van der Waals surface area contributed by atoms with Gasteiger partial charge in [-0.3, -0.25) is 0 Å². The molecule has 0 saturated carbocycles. The van der Waals surface area contributed by atoms with Crippen molar-refractivity contribution in [3.63, 3.8) is 0 Å². The lowest BCUT2D eigenvalue weighted by molar-refractivity contribution is -1.92. The van der Waals surface area contributed by atoms with E-state index in [2.05, 4.69) is 4.29 Å². The number of ether oxygens (including phenoxy) is 1. The Morgan fingerprint density at radius 2 is 1.94 bits per heavy atom. The van der Waals surface area contributed by atoms with E-state index in [0.29, 0.717) is 12.2 Å². The van der Waals surface area contributed by atoms with E-state index in [1.165, 1.54) is 6.92 Å². The predicted octanol–water partition coefficient (Wildman–Crippen LogP) is -0.579. The zero-order valence-electron chi connectivity index (χ0n) is 9.82. The zero-order valence-corrected chi connectivity index (χ0v) is 10.6. The molecular formula is C11H15ClO5. The van der Waals surface area contributed by atoms with Crippen LogP contribution >= 0.6 is 0 Å². The van der Waals surface area contributed by atoms with Crippen molar-refractivity contribution in [3.8, 4) is 0 Å². The minimum Gasteiger partial charge on any atom is -0.451 e. The summed E-state index contributed by atoms with van der Waals surface area (Å²) in [6.07, 6.45) is 5.45. The second-order valence-electron chi connectivity index (χ2n) is 4.47. The summed E-state index contributed by atoms with van der Waals surface area (Å²) in [5.41, 5.74) is 1.79. The van der Waals surface area contributed by atoms with E-state index in [1.54, 1.807) is 6.92 Å². The molecule has 0 bridgehead atoms. The summed E-state index contributed by atoms with van der Waals surface area (Å²) < 4.78 is 42.3. The predicted molar refractivity (Wildman–Crippen MR) is 49.8 cm³/mol. The average Bonchev–Trinajstić information content (AvgIpc) is 2.13. The molecule has 0 fully saturated rings. The van der Waals surface area contributed by atoms with Gasteiger partial charge in [0.2, 0.25) is 0 Å². The molecule has 0 aromatic carbocycles. The zero-order chi connectivity index (χ0) is 12.7. The quantitative estimate of drug-likeness (QED) is 0.664. The van der Waals surface area contributed by atoms with Gasteiger partial charge in [0, 0.05) is 12.5 Å². The minimum absolute atomic E-state index is 0.562. The normalized spacial score (nSPS) is 29.6. The highest BCUT2D eigenvalue weighted by molar-refractivity contribution is 5.36. The Labute approximate surface area is 102 Å². The van der Waals surface area contributed by atoms with Gasteiger partial charge in [0.05, 0.1) is 16.0 Å². The second kappa shape index (κ2) is 4.26. The van der Waals surface area contributed by atoms with Crippen molar-refractivity contribution in [1.29, 1.82) is 0 Å². The molecule has 0 N–H and O–H groups in total. The van der Waals surface area contributed by atoms with Crippen molar-refractivity contribution < 1.29 is 33.2 Å². The van der Waals surface area contributed by atoms with E-state index in [0.717, 1.165) is 30.4 Å². The monoisotopic (exact) mass is 262 g/mol. The molecule has 0 radical (unpaired) electrons. The second-order valence-corrected chi connectivity index (χ2v) is 5.38. The van der Waals surface area contributed by atoms with E-state index in [9.17, 15) is 14.0 Å². The SMILES string of the molecule is CC1=CC2=C(CCCC2)C(C)(O[Cl+3]([O-])([O-])[O-])O1. The lowest BCUT2D eigenvalue weighted by atomic mass is 9.85. The molecule has 6 heteroatoms. The van der Waals surface area contributed by atoms with E-state index in [-0.39, 0.29) is 0 Å². The summed E-state index contributed by atoms with van der Waals surface area (Å²) in [6.45, 7) is 3.20. The van der Waals surface area contributed by atoms with Crippen molar-refractivity contribution in [1.82, 2.24) is 0 Å². The molecule has 2 aliphatic rings. The molecule has 5 nitrogen and oxygen atoms in total. The Kier molecular flexibility index (Phi) is 3.22. The first kappa shape index (κ1) is 12.9. The summed E-state index contributed by atoms with van der Waals surface area (Å²) >= 11 is 0. The van der Waals surface area contributed by atoms with Gasteiger partial charge < -0.3 is 4.74 Å². The lowest BCUT2D eigenvalue weighted by Crippen LogP contribution is -2.65. The Morgan fingerprint density at radius 3 is 2.59 bits per heavy atom. The summed E-state index contributed by atoms with van der Waals surface area (Å²) in [5, 5.41) is 0. The number of hydrogen-bond acceptors (Lipinski definition) is 5. The molecule has 0 saturated heterocycles. The summed E-state index contributed by atoms with van der Waals surface area (Å²) in [5.74, 6) is -0.913. The fraction of sp³-hybridized carbons (Fsp3) is 0.636. The van der Waals surface area contributed by atoms with Crippen LogP contribution < -0.4 is 14.0 Å². The van der Waals surface area contributed by atoms with Crippen LogP contribution in [-0.4, -0.2) is 5.79 Å². The molecule has 1 atom stereocenters. The molecule has 2 rings (SSSR count). The van der Waals surface area contributed by atoms with Crippen LogP contribution in [0.2, 0.25) is 0 Å². The topological polar surface area (TPSA) is 87.6 Å². The molecule has 1 heterocycles. The first-order valence-electron chi connectivity index (χ1n) is 5.51. The van der Waals surface area contributed by atoms with Crippen LogP contribution in [0.15, 0.2) is 23.0 Å². The Balaban J connectivity index is 2.34. The number of halogens is 1. The van der Waals surface area contributed by atoms with Gasteiger partial charge in [-0.15, -0.1) is 0 Å². The Hall–Kier alpha value is -0.590.